The number of nitrogens with one attached hydrogen (secondary N) is 1. The molecule has 0 saturated carbocycles. The number of rotatable bonds is 0. The molecule has 1 saturated heterocycles. The monoisotopic (exact) mass is 129 g/mol. The summed E-state index contributed by atoms with van der Waals surface area (Å²) in [5.41, 5.74) is -0.399. The Morgan fingerprint density at radius 2 is 2.11 bits per heavy atom. The zero-order chi connectivity index (χ0) is 6.74. The van der Waals surface area contributed by atoms with Crippen LogP contribution in [-0.4, -0.2) is 23.8 Å². The van der Waals surface area contributed by atoms with Crippen molar-refractivity contribution in [2.24, 2.45) is 0 Å². The second-order valence-electron chi connectivity index (χ2n) is 3.10. The summed E-state index contributed by atoms with van der Waals surface area (Å²) in [6.07, 6.45) is 2.94. The van der Waals surface area contributed by atoms with Crippen LogP contribution in [0.4, 0.5) is 0 Å². The molecule has 1 heterocycles. The van der Waals surface area contributed by atoms with Gasteiger partial charge in [-0.2, -0.15) is 0 Å². The fourth-order valence-electron chi connectivity index (χ4n) is 1.20. The smallest absolute Gasteiger partial charge is 0.0632 e. The van der Waals surface area contributed by atoms with Crippen LogP contribution in [0.5, 0.6) is 0 Å². The van der Waals surface area contributed by atoms with Gasteiger partial charge in [0.2, 0.25) is 0 Å². The molecule has 2 nitrogen and oxygen atoms in total. The van der Waals surface area contributed by atoms with Crippen molar-refractivity contribution in [2.75, 3.05) is 13.1 Å². The van der Waals surface area contributed by atoms with Gasteiger partial charge in [0.05, 0.1) is 5.60 Å². The molecule has 0 aromatic heterocycles. The SMILES string of the molecule is C[C@@]1(O)CCCNCC1. The molecule has 54 valence electrons. The van der Waals surface area contributed by atoms with Gasteiger partial charge in [0.25, 0.3) is 0 Å². The second-order valence-corrected chi connectivity index (χ2v) is 3.10. The van der Waals surface area contributed by atoms with Crippen LogP contribution in [-0.2, 0) is 0 Å². The van der Waals surface area contributed by atoms with E-state index in [0.29, 0.717) is 0 Å². The molecule has 0 spiro atoms. The minimum atomic E-state index is -0.399. The lowest BCUT2D eigenvalue weighted by Crippen LogP contribution is -2.25. The molecular weight excluding hydrogens is 114 g/mol. The van der Waals surface area contributed by atoms with Crippen molar-refractivity contribution < 1.29 is 5.11 Å². The van der Waals surface area contributed by atoms with Gasteiger partial charge in [-0.25, -0.2) is 0 Å². The third kappa shape index (κ3) is 2.33. The molecule has 0 radical (unpaired) electrons. The van der Waals surface area contributed by atoms with Gasteiger partial charge in [0.15, 0.2) is 0 Å². The molecule has 1 rings (SSSR count). The van der Waals surface area contributed by atoms with Gasteiger partial charge in [-0.1, -0.05) is 0 Å². The molecule has 1 atom stereocenters. The molecular formula is C7H15NO. The summed E-state index contributed by atoms with van der Waals surface area (Å²) in [5, 5.41) is 12.8. The number of hydrogen-bond donors (Lipinski definition) is 2. The van der Waals surface area contributed by atoms with Gasteiger partial charge in [-0.05, 0) is 39.3 Å². The van der Waals surface area contributed by atoms with Gasteiger partial charge >= 0.3 is 0 Å². The van der Waals surface area contributed by atoms with Crippen LogP contribution in [0.1, 0.15) is 26.2 Å². The van der Waals surface area contributed by atoms with Gasteiger partial charge in [0, 0.05) is 0 Å². The van der Waals surface area contributed by atoms with Crippen LogP contribution in [0.25, 0.3) is 0 Å². The molecule has 0 aromatic rings. The maximum Gasteiger partial charge on any atom is 0.0632 e. The summed E-state index contributed by atoms with van der Waals surface area (Å²) in [4.78, 5) is 0. The Morgan fingerprint density at radius 1 is 1.33 bits per heavy atom. The Bertz CT molecular complexity index is 80.9. The Kier molecular flexibility index (Phi) is 2.09. The molecule has 1 aliphatic heterocycles. The van der Waals surface area contributed by atoms with Crippen molar-refractivity contribution in [1.82, 2.24) is 5.32 Å². The molecule has 2 heteroatoms. The molecule has 0 aromatic carbocycles. The quantitative estimate of drug-likeness (QED) is 0.499. The molecule has 9 heavy (non-hydrogen) atoms. The molecule has 1 aliphatic rings. The standard InChI is InChI=1S/C7H15NO/c1-7(9)3-2-5-8-6-4-7/h8-9H,2-6H2,1H3/t7-/m1/s1. The van der Waals surface area contributed by atoms with Gasteiger partial charge < -0.3 is 10.4 Å². The van der Waals surface area contributed by atoms with Crippen molar-refractivity contribution >= 4 is 0 Å². The highest BCUT2D eigenvalue weighted by Gasteiger charge is 2.20. The third-order valence-corrected chi connectivity index (χ3v) is 1.91. The van der Waals surface area contributed by atoms with Crippen LogP contribution in [0.3, 0.4) is 0 Å². The average Bonchev–Trinajstić information content (AvgIpc) is 1.92. The van der Waals surface area contributed by atoms with E-state index in [1.165, 1.54) is 0 Å². The number of aliphatic hydroxyl groups is 1. The van der Waals surface area contributed by atoms with Crippen molar-refractivity contribution in [3.05, 3.63) is 0 Å². The van der Waals surface area contributed by atoms with Crippen LogP contribution < -0.4 is 5.32 Å². The van der Waals surface area contributed by atoms with E-state index < -0.39 is 5.60 Å². The van der Waals surface area contributed by atoms with E-state index in [4.69, 9.17) is 0 Å². The summed E-state index contributed by atoms with van der Waals surface area (Å²) >= 11 is 0. The third-order valence-electron chi connectivity index (χ3n) is 1.91. The van der Waals surface area contributed by atoms with Crippen molar-refractivity contribution in [3.63, 3.8) is 0 Å². The van der Waals surface area contributed by atoms with E-state index in [1.54, 1.807) is 0 Å². The molecule has 0 aliphatic carbocycles. The summed E-state index contributed by atoms with van der Waals surface area (Å²) < 4.78 is 0. The average molecular weight is 129 g/mol. The van der Waals surface area contributed by atoms with Gasteiger partial charge in [-0.3, -0.25) is 0 Å². The first-order chi connectivity index (χ1) is 4.21. The first-order valence-electron chi connectivity index (χ1n) is 3.64. The van der Waals surface area contributed by atoms with E-state index in [-0.39, 0.29) is 0 Å². The largest absolute Gasteiger partial charge is 0.390 e. The second kappa shape index (κ2) is 2.67. The van der Waals surface area contributed by atoms with Crippen molar-refractivity contribution in [1.29, 1.82) is 0 Å². The van der Waals surface area contributed by atoms with E-state index in [0.717, 1.165) is 32.4 Å². The summed E-state index contributed by atoms with van der Waals surface area (Å²) in [6.45, 7) is 3.95. The Balaban J connectivity index is 2.36. The number of hydrogen-bond acceptors (Lipinski definition) is 2. The molecule has 0 bridgehead atoms. The highest BCUT2D eigenvalue weighted by Crippen LogP contribution is 2.17. The first kappa shape index (κ1) is 7.03. The molecule has 0 amide bonds. The van der Waals surface area contributed by atoms with E-state index >= 15 is 0 Å². The zero-order valence-corrected chi connectivity index (χ0v) is 5.98. The Morgan fingerprint density at radius 3 is 2.89 bits per heavy atom. The summed E-state index contributed by atoms with van der Waals surface area (Å²) in [7, 11) is 0. The highest BCUT2D eigenvalue weighted by atomic mass is 16.3. The Labute approximate surface area is 56.3 Å². The maximum absolute atomic E-state index is 9.51. The van der Waals surface area contributed by atoms with Crippen molar-refractivity contribution in [3.8, 4) is 0 Å². The molecule has 0 unspecified atom stereocenters. The first-order valence-corrected chi connectivity index (χ1v) is 3.64. The van der Waals surface area contributed by atoms with E-state index in [9.17, 15) is 5.11 Å². The van der Waals surface area contributed by atoms with E-state index in [2.05, 4.69) is 5.32 Å². The van der Waals surface area contributed by atoms with Gasteiger partial charge in [0.1, 0.15) is 0 Å². The summed E-state index contributed by atoms with van der Waals surface area (Å²) in [5.74, 6) is 0. The normalized spacial score (nSPS) is 38.0. The lowest BCUT2D eigenvalue weighted by molar-refractivity contribution is 0.0477. The highest BCUT2D eigenvalue weighted by molar-refractivity contribution is 4.76. The molecule has 1 fully saturated rings. The minimum absolute atomic E-state index is 0.399. The van der Waals surface area contributed by atoms with Crippen molar-refractivity contribution in [2.45, 2.75) is 31.8 Å². The fourth-order valence-corrected chi connectivity index (χ4v) is 1.20. The van der Waals surface area contributed by atoms with Crippen LogP contribution >= 0.6 is 0 Å². The minimum Gasteiger partial charge on any atom is -0.390 e. The summed E-state index contributed by atoms with van der Waals surface area (Å²) in [6, 6.07) is 0. The fraction of sp³-hybridized carbons (Fsp3) is 1.00. The predicted octanol–water partition coefficient (Wildman–Crippen LogP) is 0.511. The van der Waals surface area contributed by atoms with Crippen LogP contribution in [0.2, 0.25) is 0 Å². The maximum atomic E-state index is 9.51. The lowest BCUT2D eigenvalue weighted by atomic mass is 9.98. The predicted molar refractivity (Wildman–Crippen MR) is 37.3 cm³/mol. The zero-order valence-electron chi connectivity index (χ0n) is 5.98. The van der Waals surface area contributed by atoms with E-state index in [1.807, 2.05) is 6.92 Å². The lowest BCUT2D eigenvalue weighted by Gasteiger charge is -2.19. The van der Waals surface area contributed by atoms with Gasteiger partial charge in [-0.15, -0.1) is 0 Å². The molecule has 2 N–H and O–H groups in total. The topological polar surface area (TPSA) is 32.3 Å². The van der Waals surface area contributed by atoms with Crippen LogP contribution in [0.15, 0.2) is 0 Å². The van der Waals surface area contributed by atoms with Crippen LogP contribution in [0, 0.1) is 0 Å². The Hall–Kier alpha value is -0.0800.